The van der Waals surface area contributed by atoms with Crippen LogP contribution in [0.2, 0.25) is 0 Å². The van der Waals surface area contributed by atoms with Crippen LogP contribution in [0.3, 0.4) is 0 Å². The minimum Gasteiger partial charge on any atom is -0.299 e. The fourth-order valence-electron chi connectivity index (χ4n) is 1.88. The Kier molecular flexibility index (Phi) is 5.68. The van der Waals surface area contributed by atoms with Gasteiger partial charge in [-0.15, -0.1) is 0 Å². The third-order valence-corrected chi connectivity index (χ3v) is 2.90. The predicted octanol–water partition coefficient (Wildman–Crippen LogP) is 3.53. The standard InChI is InChI=1S/C17H22O2/c1-12(2)9-14-5-7-15(8-6-14)10-16(18)11-17(19)13(3)4/h5-8,12H,3,9-11H2,1-2,4H3. The highest BCUT2D eigenvalue weighted by atomic mass is 16.1. The van der Waals surface area contributed by atoms with Crippen molar-refractivity contribution in [3.05, 3.63) is 47.5 Å². The fraction of sp³-hybridized carbons (Fsp3) is 0.412. The van der Waals surface area contributed by atoms with Crippen molar-refractivity contribution in [1.29, 1.82) is 0 Å². The van der Waals surface area contributed by atoms with Crippen LogP contribution in [0.4, 0.5) is 0 Å². The second-order valence-electron chi connectivity index (χ2n) is 5.51. The second-order valence-corrected chi connectivity index (χ2v) is 5.51. The maximum Gasteiger partial charge on any atom is 0.165 e. The molecule has 0 aliphatic rings. The van der Waals surface area contributed by atoms with Gasteiger partial charge in [-0.1, -0.05) is 44.7 Å². The molecule has 0 aliphatic heterocycles. The molecule has 0 bridgehead atoms. The summed E-state index contributed by atoms with van der Waals surface area (Å²) in [6.45, 7) is 9.55. The maximum atomic E-state index is 11.7. The Morgan fingerprint density at radius 2 is 1.63 bits per heavy atom. The molecule has 0 saturated heterocycles. The monoisotopic (exact) mass is 258 g/mol. The SMILES string of the molecule is C=C(C)C(=O)CC(=O)Cc1ccc(CC(C)C)cc1. The Labute approximate surface area is 115 Å². The molecule has 0 radical (unpaired) electrons. The zero-order valence-electron chi connectivity index (χ0n) is 12.0. The second kappa shape index (κ2) is 7.03. The van der Waals surface area contributed by atoms with Crippen LogP contribution in [0.5, 0.6) is 0 Å². The van der Waals surface area contributed by atoms with E-state index in [1.54, 1.807) is 6.92 Å². The van der Waals surface area contributed by atoms with Gasteiger partial charge in [0, 0.05) is 6.42 Å². The van der Waals surface area contributed by atoms with Crippen LogP contribution in [-0.4, -0.2) is 11.6 Å². The number of carbonyl (C=O) groups excluding carboxylic acids is 2. The number of rotatable bonds is 7. The van der Waals surface area contributed by atoms with Gasteiger partial charge in [0.25, 0.3) is 0 Å². The van der Waals surface area contributed by atoms with Gasteiger partial charge in [0.2, 0.25) is 0 Å². The first-order valence-corrected chi connectivity index (χ1v) is 6.66. The van der Waals surface area contributed by atoms with Crippen molar-refractivity contribution in [2.45, 2.75) is 40.0 Å². The van der Waals surface area contributed by atoms with Gasteiger partial charge in [-0.3, -0.25) is 9.59 Å². The first-order valence-electron chi connectivity index (χ1n) is 6.66. The Hall–Kier alpha value is -1.70. The lowest BCUT2D eigenvalue weighted by molar-refractivity contribution is -0.124. The van der Waals surface area contributed by atoms with Gasteiger partial charge in [-0.05, 0) is 36.0 Å². The van der Waals surface area contributed by atoms with E-state index in [-0.39, 0.29) is 18.0 Å². The number of carbonyl (C=O) groups is 2. The van der Waals surface area contributed by atoms with Crippen molar-refractivity contribution < 1.29 is 9.59 Å². The summed E-state index contributed by atoms with van der Waals surface area (Å²) in [5.74, 6) is 0.409. The van der Waals surface area contributed by atoms with Crippen LogP contribution in [0.1, 0.15) is 38.3 Å². The molecule has 1 aromatic carbocycles. The Morgan fingerprint density at radius 3 is 2.11 bits per heavy atom. The zero-order valence-corrected chi connectivity index (χ0v) is 12.0. The average molecular weight is 258 g/mol. The highest BCUT2D eigenvalue weighted by Crippen LogP contribution is 2.11. The summed E-state index contributed by atoms with van der Waals surface area (Å²) in [5, 5.41) is 0. The molecular weight excluding hydrogens is 236 g/mol. The summed E-state index contributed by atoms with van der Waals surface area (Å²) in [5.41, 5.74) is 2.69. The summed E-state index contributed by atoms with van der Waals surface area (Å²) in [7, 11) is 0. The molecule has 0 heterocycles. The highest BCUT2D eigenvalue weighted by Gasteiger charge is 2.10. The molecule has 0 aliphatic carbocycles. The zero-order chi connectivity index (χ0) is 14.4. The van der Waals surface area contributed by atoms with Gasteiger partial charge in [-0.2, -0.15) is 0 Å². The van der Waals surface area contributed by atoms with Gasteiger partial charge in [0.1, 0.15) is 5.78 Å². The summed E-state index contributed by atoms with van der Waals surface area (Å²) >= 11 is 0. The third kappa shape index (κ3) is 5.64. The van der Waals surface area contributed by atoms with Crippen molar-refractivity contribution in [3.63, 3.8) is 0 Å². The molecule has 0 N–H and O–H groups in total. The molecule has 2 heteroatoms. The molecule has 2 nitrogen and oxygen atoms in total. The van der Waals surface area contributed by atoms with Crippen molar-refractivity contribution in [3.8, 4) is 0 Å². The van der Waals surface area contributed by atoms with Crippen LogP contribution in [-0.2, 0) is 22.4 Å². The lowest BCUT2D eigenvalue weighted by atomic mass is 9.99. The lowest BCUT2D eigenvalue weighted by Crippen LogP contribution is -2.10. The Bertz CT molecular complexity index is 467. The van der Waals surface area contributed by atoms with Gasteiger partial charge in [-0.25, -0.2) is 0 Å². The van der Waals surface area contributed by atoms with E-state index in [4.69, 9.17) is 0 Å². The normalized spacial score (nSPS) is 10.5. The summed E-state index contributed by atoms with van der Waals surface area (Å²) < 4.78 is 0. The predicted molar refractivity (Wildman–Crippen MR) is 78.1 cm³/mol. The van der Waals surface area contributed by atoms with E-state index in [2.05, 4.69) is 32.6 Å². The highest BCUT2D eigenvalue weighted by molar-refractivity contribution is 6.07. The Balaban J connectivity index is 2.55. The number of hydrogen-bond acceptors (Lipinski definition) is 2. The van der Waals surface area contributed by atoms with Crippen LogP contribution < -0.4 is 0 Å². The molecule has 0 aromatic heterocycles. The largest absolute Gasteiger partial charge is 0.299 e. The molecule has 19 heavy (non-hydrogen) atoms. The molecule has 0 amide bonds. The van der Waals surface area contributed by atoms with E-state index in [0.717, 1.165) is 12.0 Å². The van der Waals surface area contributed by atoms with Crippen LogP contribution >= 0.6 is 0 Å². The number of hydrogen-bond donors (Lipinski definition) is 0. The number of ketones is 2. The van der Waals surface area contributed by atoms with E-state index in [1.807, 2.05) is 12.1 Å². The molecular formula is C17H22O2. The summed E-state index contributed by atoms with van der Waals surface area (Å²) in [6.07, 6.45) is 1.33. The Morgan fingerprint density at radius 1 is 1.11 bits per heavy atom. The van der Waals surface area contributed by atoms with E-state index < -0.39 is 0 Å². The summed E-state index contributed by atoms with van der Waals surface area (Å²) in [6, 6.07) is 8.06. The quantitative estimate of drug-likeness (QED) is 0.554. The molecule has 0 unspecified atom stereocenters. The molecule has 0 saturated carbocycles. The minimum atomic E-state index is -0.165. The van der Waals surface area contributed by atoms with Crippen molar-refractivity contribution >= 4 is 11.6 Å². The molecule has 0 fully saturated rings. The first kappa shape index (κ1) is 15.4. The lowest BCUT2D eigenvalue weighted by Gasteiger charge is -2.06. The van der Waals surface area contributed by atoms with E-state index in [9.17, 15) is 9.59 Å². The van der Waals surface area contributed by atoms with E-state index >= 15 is 0 Å². The number of allylic oxidation sites excluding steroid dienone is 1. The van der Waals surface area contributed by atoms with Crippen molar-refractivity contribution in [2.75, 3.05) is 0 Å². The minimum absolute atomic E-state index is 0.0386. The molecule has 102 valence electrons. The molecule has 0 spiro atoms. The van der Waals surface area contributed by atoms with Gasteiger partial charge >= 0.3 is 0 Å². The van der Waals surface area contributed by atoms with Gasteiger partial charge in [0.15, 0.2) is 5.78 Å². The smallest absolute Gasteiger partial charge is 0.165 e. The molecule has 0 atom stereocenters. The number of benzene rings is 1. The fourth-order valence-corrected chi connectivity index (χ4v) is 1.88. The first-order chi connectivity index (χ1) is 8.88. The van der Waals surface area contributed by atoms with Crippen molar-refractivity contribution in [1.82, 2.24) is 0 Å². The molecule has 1 aromatic rings. The van der Waals surface area contributed by atoms with E-state index in [1.165, 1.54) is 5.56 Å². The van der Waals surface area contributed by atoms with Crippen LogP contribution in [0, 0.1) is 5.92 Å². The van der Waals surface area contributed by atoms with Crippen LogP contribution in [0.15, 0.2) is 36.4 Å². The topological polar surface area (TPSA) is 34.1 Å². The maximum absolute atomic E-state index is 11.7. The van der Waals surface area contributed by atoms with Crippen LogP contribution in [0.25, 0.3) is 0 Å². The molecule has 1 rings (SSSR count). The van der Waals surface area contributed by atoms with Gasteiger partial charge in [0.05, 0.1) is 6.42 Å². The van der Waals surface area contributed by atoms with Crippen molar-refractivity contribution in [2.24, 2.45) is 5.92 Å². The number of Topliss-reactive ketones (excluding diaryl/α,β-unsaturated/α-hetero) is 2. The average Bonchev–Trinajstić information content (AvgIpc) is 2.30. The van der Waals surface area contributed by atoms with Gasteiger partial charge < -0.3 is 0 Å². The van der Waals surface area contributed by atoms with E-state index in [0.29, 0.717) is 17.9 Å². The third-order valence-electron chi connectivity index (χ3n) is 2.90. The summed E-state index contributed by atoms with van der Waals surface area (Å²) in [4.78, 5) is 23.1.